The van der Waals surface area contributed by atoms with E-state index in [0.29, 0.717) is 12.4 Å². The van der Waals surface area contributed by atoms with E-state index < -0.39 is 4.92 Å². The molecule has 10 nitrogen and oxygen atoms in total. The standard InChI is InChI=1S/C9H12N8O2/c1-2-16-5-13-15-7(16)4-11-8-6(17(18)19)3-12-9(10)14-8/h3,5H,2,4H2,1H3,(H3,10,11,12,14). The fraction of sp³-hybridized carbons (Fsp3) is 0.333. The van der Waals surface area contributed by atoms with E-state index in [-0.39, 0.29) is 24.0 Å². The van der Waals surface area contributed by atoms with E-state index in [1.807, 2.05) is 11.5 Å². The summed E-state index contributed by atoms with van der Waals surface area (Å²) in [4.78, 5) is 17.6. The summed E-state index contributed by atoms with van der Waals surface area (Å²) in [6.45, 7) is 2.90. The number of hydrogen-bond donors (Lipinski definition) is 2. The lowest BCUT2D eigenvalue weighted by molar-refractivity contribution is -0.384. The van der Waals surface area contributed by atoms with Gasteiger partial charge in [0.1, 0.15) is 12.5 Å². The minimum absolute atomic E-state index is 0.0370. The fourth-order valence-corrected chi connectivity index (χ4v) is 1.50. The Kier molecular flexibility index (Phi) is 3.50. The Morgan fingerprint density at radius 2 is 2.37 bits per heavy atom. The molecule has 19 heavy (non-hydrogen) atoms. The lowest BCUT2D eigenvalue weighted by Gasteiger charge is -2.06. The van der Waals surface area contributed by atoms with E-state index in [4.69, 9.17) is 5.73 Å². The van der Waals surface area contributed by atoms with Gasteiger partial charge < -0.3 is 15.6 Å². The van der Waals surface area contributed by atoms with E-state index in [2.05, 4.69) is 25.5 Å². The summed E-state index contributed by atoms with van der Waals surface area (Å²) < 4.78 is 1.81. The maximum atomic E-state index is 10.8. The van der Waals surface area contributed by atoms with Crippen LogP contribution in [0.5, 0.6) is 0 Å². The first-order valence-electron chi connectivity index (χ1n) is 5.49. The van der Waals surface area contributed by atoms with Gasteiger partial charge in [0.25, 0.3) is 0 Å². The van der Waals surface area contributed by atoms with Crippen LogP contribution in [0.3, 0.4) is 0 Å². The molecule has 0 saturated carbocycles. The molecular formula is C9H12N8O2. The largest absolute Gasteiger partial charge is 0.368 e. The third kappa shape index (κ3) is 2.73. The van der Waals surface area contributed by atoms with Gasteiger partial charge in [-0.25, -0.2) is 4.98 Å². The van der Waals surface area contributed by atoms with Gasteiger partial charge in [0.2, 0.25) is 11.8 Å². The predicted molar refractivity (Wildman–Crippen MR) is 66.1 cm³/mol. The van der Waals surface area contributed by atoms with Crippen LogP contribution in [0.15, 0.2) is 12.5 Å². The van der Waals surface area contributed by atoms with Crippen LogP contribution in [0, 0.1) is 10.1 Å². The summed E-state index contributed by atoms with van der Waals surface area (Å²) in [6, 6.07) is 0. The van der Waals surface area contributed by atoms with Gasteiger partial charge in [-0.15, -0.1) is 10.2 Å². The van der Waals surface area contributed by atoms with Gasteiger partial charge >= 0.3 is 5.69 Å². The maximum Gasteiger partial charge on any atom is 0.329 e. The second-order valence-corrected chi connectivity index (χ2v) is 3.61. The van der Waals surface area contributed by atoms with Gasteiger partial charge in [0.15, 0.2) is 5.82 Å². The Labute approximate surface area is 107 Å². The van der Waals surface area contributed by atoms with Crippen LogP contribution < -0.4 is 11.1 Å². The average Bonchev–Trinajstić information content (AvgIpc) is 2.83. The first-order valence-corrected chi connectivity index (χ1v) is 5.49. The number of rotatable bonds is 5. The molecule has 2 rings (SSSR count). The fourth-order valence-electron chi connectivity index (χ4n) is 1.50. The molecule has 0 atom stereocenters. The zero-order valence-corrected chi connectivity index (χ0v) is 10.1. The second-order valence-electron chi connectivity index (χ2n) is 3.61. The number of aryl methyl sites for hydroxylation is 1. The molecule has 0 fully saturated rings. The maximum absolute atomic E-state index is 10.8. The molecule has 0 radical (unpaired) electrons. The smallest absolute Gasteiger partial charge is 0.329 e. The third-order valence-electron chi connectivity index (χ3n) is 2.44. The number of nitrogen functional groups attached to an aromatic ring is 1. The number of anilines is 2. The number of nitrogens with zero attached hydrogens (tertiary/aromatic N) is 6. The minimum atomic E-state index is -0.577. The Bertz CT molecular complexity index is 596. The lowest BCUT2D eigenvalue weighted by atomic mass is 10.4. The number of aromatic nitrogens is 5. The van der Waals surface area contributed by atoms with Gasteiger partial charge in [0.05, 0.1) is 11.5 Å². The Balaban J connectivity index is 2.19. The van der Waals surface area contributed by atoms with Crippen molar-refractivity contribution >= 4 is 17.5 Å². The summed E-state index contributed by atoms with van der Waals surface area (Å²) in [5.41, 5.74) is 5.18. The molecule has 3 N–H and O–H groups in total. The van der Waals surface area contributed by atoms with Crippen molar-refractivity contribution in [1.82, 2.24) is 24.7 Å². The highest BCUT2D eigenvalue weighted by atomic mass is 16.6. The van der Waals surface area contributed by atoms with Crippen molar-refractivity contribution in [3.63, 3.8) is 0 Å². The van der Waals surface area contributed by atoms with Crippen LogP contribution in [0.2, 0.25) is 0 Å². The van der Waals surface area contributed by atoms with Gasteiger partial charge in [-0.1, -0.05) is 0 Å². The van der Waals surface area contributed by atoms with Crippen LogP contribution >= 0.6 is 0 Å². The van der Waals surface area contributed by atoms with E-state index in [9.17, 15) is 10.1 Å². The summed E-state index contributed by atoms with van der Waals surface area (Å²) in [5.74, 6) is 0.669. The molecule has 0 aliphatic rings. The average molecular weight is 264 g/mol. The number of nitrogens with one attached hydrogen (secondary N) is 1. The SMILES string of the molecule is CCn1cnnc1CNc1nc(N)ncc1[N+](=O)[O-]. The van der Waals surface area contributed by atoms with Crippen LogP contribution in [-0.4, -0.2) is 29.7 Å². The molecule has 2 heterocycles. The summed E-state index contributed by atoms with van der Waals surface area (Å²) >= 11 is 0. The highest BCUT2D eigenvalue weighted by Gasteiger charge is 2.17. The molecule has 2 aromatic rings. The quantitative estimate of drug-likeness (QED) is 0.576. The van der Waals surface area contributed by atoms with Crippen molar-refractivity contribution in [2.24, 2.45) is 0 Å². The lowest BCUT2D eigenvalue weighted by Crippen LogP contribution is -2.11. The highest BCUT2D eigenvalue weighted by Crippen LogP contribution is 2.21. The van der Waals surface area contributed by atoms with Crippen LogP contribution in [-0.2, 0) is 13.1 Å². The van der Waals surface area contributed by atoms with Crippen molar-refractivity contribution < 1.29 is 4.92 Å². The first-order chi connectivity index (χ1) is 9.11. The van der Waals surface area contributed by atoms with Crippen LogP contribution in [0.1, 0.15) is 12.7 Å². The second kappa shape index (κ2) is 5.25. The zero-order valence-electron chi connectivity index (χ0n) is 10.1. The molecule has 2 aromatic heterocycles. The number of hydrogen-bond acceptors (Lipinski definition) is 8. The molecule has 0 aromatic carbocycles. The number of nitrogens with two attached hydrogens (primary N) is 1. The molecule has 0 amide bonds. The zero-order chi connectivity index (χ0) is 13.8. The minimum Gasteiger partial charge on any atom is -0.368 e. The van der Waals surface area contributed by atoms with Gasteiger partial charge in [-0.3, -0.25) is 10.1 Å². The molecule has 0 aliphatic carbocycles. The molecule has 0 spiro atoms. The molecule has 0 bridgehead atoms. The summed E-state index contributed by atoms with van der Waals surface area (Å²) in [6.07, 6.45) is 2.65. The Morgan fingerprint density at radius 1 is 1.58 bits per heavy atom. The molecule has 0 saturated heterocycles. The van der Waals surface area contributed by atoms with Gasteiger partial charge in [-0.05, 0) is 6.92 Å². The van der Waals surface area contributed by atoms with Crippen LogP contribution in [0.4, 0.5) is 17.5 Å². The van der Waals surface area contributed by atoms with Crippen molar-refractivity contribution in [3.8, 4) is 0 Å². The summed E-state index contributed by atoms with van der Waals surface area (Å²) in [5, 5.41) is 21.3. The topological polar surface area (TPSA) is 138 Å². The number of nitro groups is 1. The van der Waals surface area contributed by atoms with Crippen molar-refractivity contribution in [1.29, 1.82) is 0 Å². The van der Waals surface area contributed by atoms with Gasteiger partial charge in [0, 0.05) is 6.54 Å². The van der Waals surface area contributed by atoms with E-state index in [1.165, 1.54) is 0 Å². The van der Waals surface area contributed by atoms with Crippen molar-refractivity contribution in [2.45, 2.75) is 20.0 Å². The Hall–Kier alpha value is -2.78. The molecule has 100 valence electrons. The normalized spacial score (nSPS) is 10.4. The first kappa shape index (κ1) is 12.7. The highest BCUT2D eigenvalue weighted by molar-refractivity contribution is 5.56. The van der Waals surface area contributed by atoms with E-state index in [0.717, 1.165) is 6.20 Å². The van der Waals surface area contributed by atoms with E-state index >= 15 is 0 Å². The predicted octanol–water partition coefficient (Wildman–Crippen LogP) is 0.191. The molecular weight excluding hydrogens is 252 g/mol. The van der Waals surface area contributed by atoms with Crippen LogP contribution in [0.25, 0.3) is 0 Å². The monoisotopic (exact) mass is 264 g/mol. The Morgan fingerprint density at radius 3 is 3.05 bits per heavy atom. The third-order valence-corrected chi connectivity index (χ3v) is 2.44. The van der Waals surface area contributed by atoms with E-state index in [1.54, 1.807) is 6.33 Å². The molecule has 0 unspecified atom stereocenters. The van der Waals surface area contributed by atoms with Crippen molar-refractivity contribution in [3.05, 3.63) is 28.5 Å². The van der Waals surface area contributed by atoms with Gasteiger partial charge in [-0.2, -0.15) is 4.98 Å². The molecule has 10 heteroatoms. The summed E-state index contributed by atoms with van der Waals surface area (Å²) in [7, 11) is 0. The van der Waals surface area contributed by atoms with Crippen molar-refractivity contribution in [2.75, 3.05) is 11.1 Å². The molecule has 0 aliphatic heterocycles.